The molecule has 0 spiro atoms. The van der Waals surface area contributed by atoms with Gasteiger partial charge in [0.2, 0.25) is 5.90 Å². The Morgan fingerprint density at radius 3 is 2.46 bits per heavy atom. The first-order valence-corrected chi connectivity index (χ1v) is 9.12. The number of para-hydroxylation sites is 1. The molecule has 5 heteroatoms. The van der Waals surface area contributed by atoms with Crippen molar-refractivity contribution in [2.45, 2.75) is 6.61 Å². The molecule has 28 heavy (non-hydrogen) atoms. The molecule has 0 fully saturated rings. The lowest BCUT2D eigenvalue weighted by Gasteiger charge is -2.09. The number of halogens is 1. The SMILES string of the molecule is O=C1OC(c2ccccc2Cl)=N/C1=C/c1ccccc1OCc1ccccc1. The topological polar surface area (TPSA) is 47.9 Å². The summed E-state index contributed by atoms with van der Waals surface area (Å²) in [6.07, 6.45) is 1.66. The average molecular weight is 390 g/mol. The number of nitrogens with zero attached hydrogens (tertiary/aromatic N) is 1. The zero-order valence-electron chi connectivity index (χ0n) is 14.8. The van der Waals surface area contributed by atoms with E-state index < -0.39 is 5.97 Å². The summed E-state index contributed by atoms with van der Waals surface area (Å²) in [4.78, 5) is 16.6. The number of hydrogen-bond donors (Lipinski definition) is 0. The first kappa shape index (κ1) is 18.0. The molecule has 1 aliphatic heterocycles. The van der Waals surface area contributed by atoms with Crippen LogP contribution in [0.2, 0.25) is 5.02 Å². The fraction of sp³-hybridized carbons (Fsp3) is 0.0435. The molecule has 138 valence electrons. The second-order valence-electron chi connectivity index (χ2n) is 6.13. The maximum atomic E-state index is 12.3. The van der Waals surface area contributed by atoms with Crippen molar-refractivity contribution >= 4 is 29.5 Å². The highest BCUT2D eigenvalue weighted by molar-refractivity contribution is 6.34. The number of aliphatic imine (C=N–C) groups is 1. The molecule has 0 unspecified atom stereocenters. The van der Waals surface area contributed by atoms with Gasteiger partial charge in [0, 0.05) is 5.56 Å². The molecule has 0 amide bonds. The normalized spacial score (nSPS) is 14.7. The van der Waals surface area contributed by atoms with Crippen molar-refractivity contribution in [2.24, 2.45) is 4.99 Å². The van der Waals surface area contributed by atoms with Crippen molar-refractivity contribution in [1.29, 1.82) is 0 Å². The molecule has 4 rings (SSSR count). The second-order valence-corrected chi connectivity index (χ2v) is 6.54. The number of carbonyl (C=O) groups excluding carboxylic acids is 1. The fourth-order valence-corrected chi connectivity index (χ4v) is 2.99. The van der Waals surface area contributed by atoms with Crippen LogP contribution in [0.3, 0.4) is 0 Å². The summed E-state index contributed by atoms with van der Waals surface area (Å²) in [6, 6.07) is 24.5. The average Bonchev–Trinajstić information content (AvgIpc) is 3.08. The molecule has 3 aromatic carbocycles. The molecule has 0 aromatic heterocycles. The third-order valence-electron chi connectivity index (χ3n) is 4.17. The summed E-state index contributed by atoms with van der Waals surface area (Å²) in [5.74, 6) is 0.338. The summed E-state index contributed by atoms with van der Waals surface area (Å²) < 4.78 is 11.2. The van der Waals surface area contributed by atoms with Crippen molar-refractivity contribution in [2.75, 3.05) is 0 Å². The van der Waals surface area contributed by atoms with Gasteiger partial charge in [-0.1, -0.05) is 72.3 Å². The van der Waals surface area contributed by atoms with E-state index in [0.29, 0.717) is 22.9 Å². The number of hydrogen-bond acceptors (Lipinski definition) is 4. The highest BCUT2D eigenvalue weighted by atomic mass is 35.5. The van der Waals surface area contributed by atoms with E-state index in [1.54, 1.807) is 24.3 Å². The molecule has 3 aromatic rings. The Morgan fingerprint density at radius 2 is 1.64 bits per heavy atom. The highest BCUT2D eigenvalue weighted by Crippen LogP contribution is 2.27. The maximum absolute atomic E-state index is 12.3. The standard InChI is InChI=1S/C23H16ClNO3/c24-19-12-6-5-11-18(19)22-25-20(23(26)28-22)14-17-10-4-7-13-21(17)27-15-16-8-2-1-3-9-16/h1-14H,15H2/b20-14+. The van der Waals surface area contributed by atoms with E-state index in [0.717, 1.165) is 11.1 Å². The molecule has 0 saturated heterocycles. The lowest BCUT2D eigenvalue weighted by molar-refractivity contribution is -0.129. The summed E-state index contributed by atoms with van der Waals surface area (Å²) in [5, 5.41) is 0.474. The lowest BCUT2D eigenvalue weighted by atomic mass is 10.1. The lowest BCUT2D eigenvalue weighted by Crippen LogP contribution is -2.05. The number of carbonyl (C=O) groups is 1. The van der Waals surface area contributed by atoms with Gasteiger partial charge in [-0.2, -0.15) is 0 Å². The van der Waals surface area contributed by atoms with Crippen LogP contribution in [0.25, 0.3) is 6.08 Å². The van der Waals surface area contributed by atoms with Crippen LogP contribution in [0.4, 0.5) is 0 Å². The predicted octanol–water partition coefficient (Wildman–Crippen LogP) is 5.26. The first-order chi connectivity index (χ1) is 13.7. The molecule has 1 aliphatic rings. The molecule has 1 heterocycles. The third-order valence-corrected chi connectivity index (χ3v) is 4.50. The number of esters is 1. The number of ether oxygens (including phenoxy) is 2. The minimum atomic E-state index is -0.521. The summed E-state index contributed by atoms with van der Waals surface area (Å²) in [5.41, 5.74) is 2.58. The fourth-order valence-electron chi connectivity index (χ4n) is 2.77. The van der Waals surface area contributed by atoms with E-state index in [4.69, 9.17) is 21.1 Å². The van der Waals surface area contributed by atoms with Gasteiger partial charge in [0.15, 0.2) is 5.70 Å². The first-order valence-electron chi connectivity index (χ1n) is 8.74. The molecule has 0 radical (unpaired) electrons. The van der Waals surface area contributed by atoms with Gasteiger partial charge in [0.05, 0.1) is 10.6 Å². The van der Waals surface area contributed by atoms with Crippen LogP contribution in [0.1, 0.15) is 16.7 Å². The van der Waals surface area contributed by atoms with Crippen LogP contribution in [0, 0.1) is 0 Å². The van der Waals surface area contributed by atoms with Crippen molar-refractivity contribution in [3.05, 3.63) is 106 Å². The zero-order chi connectivity index (χ0) is 19.3. The van der Waals surface area contributed by atoms with E-state index >= 15 is 0 Å². The Balaban J connectivity index is 1.60. The van der Waals surface area contributed by atoms with Crippen LogP contribution in [-0.4, -0.2) is 11.9 Å². The monoisotopic (exact) mass is 389 g/mol. The van der Waals surface area contributed by atoms with E-state index in [2.05, 4.69) is 4.99 Å². The Morgan fingerprint density at radius 1 is 0.929 bits per heavy atom. The van der Waals surface area contributed by atoms with Crippen molar-refractivity contribution in [3.63, 3.8) is 0 Å². The van der Waals surface area contributed by atoms with Crippen LogP contribution < -0.4 is 4.74 Å². The van der Waals surface area contributed by atoms with Gasteiger partial charge in [0.25, 0.3) is 0 Å². The van der Waals surface area contributed by atoms with Gasteiger partial charge in [-0.05, 0) is 29.8 Å². The number of benzene rings is 3. The molecule has 0 saturated carbocycles. The van der Waals surface area contributed by atoms with Gasteiger partial charge in [-0.25, -0.2) is 9.79 Å². The summed E-state index contributed by atoms with van der Waals surface area (Å²) in [7, 11) is 0. The van der Waals surface area contributed by atoms with Crippen molar-refractivity contribution in [3.8, 4) is 5.75 Å². The third kappa shape index (κ3) is 3.97. The molecular formula is C23H16ClNO3. The Bertz CT molecular complexity index is 1070. The molecule has 0 aliphatic carbocycles. The number of rotatable bonds is 5. The van der Waals surface area contributed by atoms with E-state index in [1.807, 2.05) is 60.7 Å². The maximum Gasteiger partial charge on any atom is 0.363 e. The van der Waals surface area contributed by atoms with Crippen LogP contribution in [0.15, 0.2) is 89.6 Å². The minimum absolute atomic E-state index is 0.199. The quantitative estimate of drug-likeness (QED) is 0.441. The van der Waals surface area contributed by atoms with Crippen LogP contribution >= 0.6 is 11.6 Å². The smallest absolute Gasteiger partial charge is 0.363 e. The van der Waals surface area contributed by atoms with Crippen LogP contribution in [0.5, 0.6) is 5.75 Å². The molecule has 0 atom stereocenters. The highest BCUT2D eigenvalue weighted by Gasteiger charge is 2.25. The molecule has 4 nitrogen and oxygen atoms in total. The molecular weight excluding hydrogens is 374 g/mol. The Labute approximate surface area is 167 Å². The molecule has 0 N–H and O–H groups in total. The van der Waals surface area contributed by atoms with E-state index in [1.165, 1.54) is 0 Å². The summed E-state index contributed by atoms with van der Waals surface area (Å²) >= 11 is 6.17. The second kappa shape index (κ2) is 8.11. The zero-order valence-corrected chi connectivity index (χ0v) is 15.6. The minimum Gasteiger partial charge on any atom is -0.488 e. The van der Waals surface area contributed by atoms with Gasteiger partial charge in [-0.3, -0.25) is 0 Å². The summed E-state index contributed by atoms with van der Waals surface area (Å²) in [6.45, 7) is 0.430. The van der Waals surface area contributed by atoms with Crippen LogP contribution in [-0.2, 0) is 16.1 Å². The van der Waals surface area contributed by atoms with Crippen molar-refractivity contribution < 1.29 is 14.3 Å². The van der Waals surface area contributed by atoms with E-state index in [-0.39, 0.29) is 11.6 Å². The van der Waals surface area contributed by atoms with Gasteiger partial charge >= 0.3 is 5.97 Å². The Hall–Kier alpha value is -3.37. The largest absolute Gasteiger partial charge is 0.488 e. The number of cyclic esters (lactones) is 1. The van der Waals surface area contributed by atoms with Gasteiger partial charge in [0.1, 0.15) is 12.4 Å². The molecule has 0 bridgehead atoms. The van der Waals surface area contributed by atoms with Gasteiger partial charge < -0.3 is 9.47 Å². The van der Waals surface area contributed by atoms with Gasteiger partial charge in [-0.15, -0.1) is 0 Å². The van der Waals surface area contributed by atoms with Crippen molar-refractivity contribution in [1.82, 2.24) is 0 Å². The van der Waals surface area contributed by atoms with E-state index in [9.17, 15) is 4.79 Å². The predicted molar refractivity (Wildman–Crippen MR) is 109 cm³/mol. The Kier molecular flexibility index (Phi) is 5.22.